The van der Waals surface area contributed by atoms with Crippen LogP contribution in [0.4, 0.5) is 0 Å². The van der Waals surface area contributed by atoms with Gasteiger partial charge in [-0.05, 0) is 57.4 Å². The van der Waals surface area contributed by atoms with Crippen LogP contribution in [0.15, 0.2) is 0 Å². The Morgan fingerprint density at radius 1 is 1.17 bits per heavy atom. The quantitative estimate of drug-likeness (QED) is 0.216. The average molecular weight is 430 g/mol. The normalized spacial score (nSPS) is 40.4. The number of ether oxygens (including phenoxy) is 2. The number of hydrogen-bond acceptors (Lipinski definition) is 9. The molecular formula is C20H39N5O5. The summed E-state index contributed by atoms with van der Waals surface area (Å²) in [6.45, 7) is 1.60. The maximum absolute atomic E-state index is 11.8. The fourth-order valence-corrected chi connectivity index (χ4v) is 4.67. The summed E-state index contributed by atoms with van der Waals surface area (Å²) in [5.41, 5.74) is 17.4. The van der Waals surface area contributed by atoms with Crippen LogP contribution in [0.1, 0.15) is 44.9 Å². The molecule has 10 N–H and O–H groups in total. The smallest absolute Gasteiger partial charge is 0.250 e. The lowest BCUT2D eigenvalue weighted by Gasteiger charge is -2.41. The minimum Gasteiger partial charge on any atom is -0.390 e. The van der Waals surface area contributed by atoms with Crippen LogP contribution in [0, 0.1) is 5.92 Å². The molecule has 174 valence electrons. The summed E-state index contributed by atoms with van der Waals surface area (Å²) in [5, 5.41) is 26.2. The van der Waals surface area contributed by atoms with E-state index in [1.807, 2.05) is 0 Å². The van der Waals surface area contributed by atoms with Gasteiger partial charge in [0, 0.05) is 31.2 Å². The molecule has 1 heterocycles. The van der Waals surface area contributed by atoms with Crippen molar-refractivity contribution < 1.29 is 24.5 Å². The first kappa shape index (κ1) is 23.8. The van der Waals surface area contributed by atoms with E-state index in [0.29, 0.717) is 24.8 Å². The van der Waals surface area contributed by atoms with Crippen molar-refractivity contribution in [2.24, 2.45) is 23.1 Å². The number of hydrogen-bond donors (Lipinski definition) is 7. The minimum atomic E-state index is -1.26. The number of carbonyl (C=O) groups excluding carboxylic acids is 1. The van der Waals surface area contributed by atoms with Gasteiger partial charge in [-0.15, -0.1) is 0 Å². The molecule has 0 aromatic heterocycles. The Morgan fingerprint density at radius 3 is 2.60 bits per heavy atom. The zero-order valence-corrected chi connectivity index (χ0v) is 17.6. The van der Waals surface area contributed by atoms with Crippen molar-refractivity contribution in [1.82, 2.24) is 10.6 Å². The number of aliphatic hydroxyl groups is 2. The highest BCUT2D eigenvalue weighted by Crippen LogP contribution is 2.28. The molecule has 1 saturated heterocycles. The third kappa shape index (κ3) is 6.57. The van der Waals surface area contributed by atoms with Gasteiger partial charge in [0.2, 0.25) is 5.91 Å². The SMILES string of the molecule is NCC(O)C(=O)NC1CC(N)[C@@H](O[C@@H]2CCCC(CNCC3CC(N)C3)O2)C(O)C1. The van der Waals surface area contributed by atoms with E-state index in [1.54, 1.807) is 0 Å². The van der Waals surface area contributed by atoms with Gasteiger partial charge in [0.15, 0.2) is 6.29 Å². The monoisotopic (exact) mass is 429 g/mol. The summed E-state index contributed by atoms with van der Waals surface area (Å²) in [4.78, 5) is 11.8. The van der Waals surface area contributed by atoms with E-state index in [0.717, 1.165) is 45.2 Å². The van der Waals surface area contributed by atoms with E-state index < -0.39 is 36.6 Å². The van der Waals surface area contributed by atoms with E-state index in [-0.39, 0.29) is 18.7 Å². The van der Waals surface area contributed by atoms with Crippen molar-refractivity contribution in [1.29, 1.82) is 0 Å². The molecular weight excluding hydrogens is 390 g/mol. The van der Waals surface area contributed by atoms with E-state index in [4.69, 9.17) is 26.7 Å². The number of nitrogens with two attached hydrogens (primary N) is 3. The van der Waals surface area contributed by atoms with Crippen molar-refractivity contribution in [2.45, 2.75) is 93.8 Å². The summed E-state index contributed by atoms with van der Waals surface area (Å²) in [7, 11) is 0. The van der Waals surface area contributed by atoms with Crippen LogP contribution in [0.25, 0.3) is 0 Å². The fraction of sp³-hybridized carbons (Fsp3) is 0.950. The van der Waals surface area contributed by atoms with Crippen molar-refractivity contribution in [3.8, 4) is 0 Å². The second kappa shape index (κ2) is 11.1. The minimum absolute atomic E-state index is 0.0826. The van der Waals surface area contributed by atoms with E-state index in [1.165, 1.54) is 0 Å². The Hall–Kier alpha value is -0.850. The summed E-state index contributed by atoms with van der Waals surface area (Å²) in [6.07, 6.45) is 2.76. The van der Waals surface area contributed by atoms with Gasteiger partial charge >= 0.3 is 0 Å². The maximum atomic E-state index is 11.8. The molecule has 2 aliphatic carbocycles. The highest BCUT2D eigenvalue weighted by atomic mass is 16.7. The molecule has 0 bridgehead atoms. The highest BCUT2D eigenvalue weighted by molar-refractivity contribution is 5.81. The zero-order valence-electron chi connectivity index (χ0n) is 17.6. The lowest BCUT2D eigenvalue weighted by molar-refractivity contribution is -0.237. The standard InChI is InChI=1S/C20H39N5O5/c21-8-17(27)20(28)25-13-6-15(23)19(16(26)7-13)30-18-3-1-2-14(29-18)10-24-9-11-4-12(22)5-11/h11-19,24,26-27H,1-10,21-23H2,(H,25,28)/t11?,12?,13?,14?,15?,16?,17?,18-,19-/m1/s1. The molecule has 2 saturated carbocycles. The molecule has 10 nitrogen and oxygen atoms in total. The molecule has 0 radical (unpaired) electrons. The number of rotatable bonds is 9. The molecule has 7 atom stereocenters. The second-order valence-electron chi connectivity index (χ2n) is 9.13. The van der Waals surface area contributed by atoms with Crippen LogP contribution >= 0.6 is 0 Å². The maximum Gasteiger partial charge on any atom is 0.250 e. The van der Waals surface area contributed by atoms with E-state index >= 15 is 0 Å². The molecule has 0 spiro atoms. The van der Waals surface area contributed by atoms with Gasteiger partial charge in [0.05, 0.1) is 12.2 Å². The predicted octanol–water partition coefficient (Wildman–Crippen LogP) is -2.12. The lowest BCUT2D eigenvalue weighted by atomic mass is 9.81. The second-order valence-corrected chi connectivity index (χ2v) is 9.13. The highest BCUT2D eigenvalue weighted by Gasteiger charge is 2.39. The average Bonchev–Trinajstić information content (AvgIpc) is 2.69. The predicted molar refractivity (Wildman–Crippen MR) is 111 cm³/mol. The number of carbonyl (C=O) groups is 1. The van der Waals surface area contributed by atoms with Gasteiger partial charge in [-0.3, -0.25) is 4.79 Å². The number of amides is 1. The van der Waals surface area contributed by atoms with Gasteiger partial charge in [0.1, 0.15) is 12.2 Å². The molecule has 5 unspecified atom stereocenters. The van der Waals surface area contributed by atoms with Gasteiger partial charge in [-0.2, -0.15) is 0 Å². The summed E-state index contributed by atoms with van der Waals surface area (Å²) < 4.78 is 12.1. The molecule has 3 rings (SSSR count). The topological polar surface area (TPSA) is 178 Å². The number of aliphatic hydroxyl groups excluding tert-OH is 2. The Bertz CT molecular complexity index is 538. The van der Waals surface area contributed by atoms with Crippen LogP contribution in [0.2, 0.25) is 0 Å². The Kier molecular flexibility index (Phi) is 8.84. The van der Waals surface area contributed by atoms with Gasteiger partial charge in [-0.1, -0.05) is 0 Å². The van der Waals surface area contributed by atoms with Crippen molar-refractivity contribution >= 4 is 5.91 Å². The van der Waals surface area contributed by atoms with Gasteiger partial charge in [-0.25, -0.2) is 0 Å². The van der Waals surface area contributed by atoms with Crippen LogP contribution in [-0.2, 0) is 14.3 Å². The molecule has 10 heteroatoms. The van der Waals surface area contributed by atoms with E-state index in [2.05, 4.69) is 10.6 Å². The summed E-state index contributed by atoms with van der Waals surface area (Å²) >= 11 is 0. The first-order valence-corrected chi connectivity index (χ1v) is 11.2. The van der Waals surface area contributed by atoms with Gasteiger partial charge < -0.3 is 47.5 Å². The van der Waals surface area contributed by atoms with Gasteiger partial charge in [0.25, 0.3) is 0 Å². The van der Waals surface area contributed by atoms with Crippen LogP contribution in [0.3, 0.4) is 0 Å². The van der Waals surface area contributed by atoms with Crippen LogP contribution in [-0.4, -0.2) is 84.6 Å². The molecule has 1 amide bonds. The van der Waals surface area contributed by atoms with Crippen molar-refractivity contribution in [3.05, 3.63) is 0 Å². The van der Waals surface area contributed by atoms with Crippen molar-refractivity contribution in [2.75, 3.05) is 19.6 Å². The van der Waals surface area contributed by atoms with Crippen LogP contribution < -0.4 is 27.8 Å². The summed E-state index contributed by atoms with van der Waals surface area (Å²) in [5.74, 6) is 0.126. The number of nitrogens with one attached hydrogen (secondary N) is 2. The molecule has 1 aliphatic heterocycles. The lowest BCUT2D eigenvalue weighted by Crippen LogP contribution is -2.58. The Morgan fingerprint density at radius 2 is 1.93 bits per heavy atom. The molecule has 3 aliphatic rings. The van der Waals surface area contributed by atoms with E-state index in [9.17, 15) is 15.0 Å². The van der Waals surface area contributed by atoms with Crippen LogP contribution in [0.5, 0.6) is 0 Å². The third-order valence-electron chi connectivity index (χ3n) is 6.45. The molecule has 0 aromatic rings. The summed E-state index contributed by atoms with van der Waals surface area (Å²) in [6, 6.07) is -0.406. The molecule has 30 heavy (non-hydrogen) atoms. The third-order valence-corrected chi connectivity index (χ3v) is 6.45. The fourth-order valence-electron chi connectivity index (χ4n) is 4.67. The first-order valence-electron chi connectivity index (χ1n) is 11.2. The largest absolute Gasteiger partial charge is 0.390 e. The van der Waals surface area contributed by atoms with Crippen molar-refractivity contribution in [3.63, 3.8) is 0 Å². The Balaban J connectivity index is 1.40. The molecule has 0 aromatic carbocycles. The molecule has 3 fully saturated rings. The zero-order chi connectivity index (χ0) is 21.7. The first-order chi connectivity index (χ1) is 14.4. The Labute approximate surface area is 178 Å².